The van der Waals surface area contributed by atoms with Gasteiger partial charge in [-0.15, -0.1) is 0 Å². The summed E-state index contributed by atoms with van der Waals surface area (Å²) in [6.07, 6.45) is 6.05. The lowest BCUT2D eigenvalue weighted by Crippen LogP contribution is -2.17. The quantitative estimate of drug-likeness (QED) is 0.613. The molecule has 7 heteroatoms. The average molecular weight is 413 g/mol. The van der Waals surface area contributed by atoms with E-state index in [1.54, 1.807) is 18.2 Å². The zero-order chi connectivity index (χ0) is 21.8. The zero-order valence-corrected chi connectivity index (χ0v) is 16.8. The van der Waals surface area contributed by atoms with Crippen LogP contribution >= 0.6 is 0 Å². The van der Waals surface area contributed by atoms with Crippen LogP contribution in [0.25, 0.3) is 11.6 Å². The topological polar surface area (TPSA) is 105 Å². The van der Waals surface area contributed by atoms with Gasteiger partial charge in [0.05, 0.1) is 18.8 Å². The summed E-state index contributed by atoms with van der Waals surface area (Å²) in [4.78, 5) is 19.2. The first-order chi connectivity index (χ1) is 15.1. The van der Waals surface area contributed by atoms with Crippen LogP contribution in [-0.4, -0.2) is 34.3 Å². The summed E-state index contributed by atoms with van der Waals surface area (Å²) in [5.41, 5.74) is 3.84. The van der Waals surface area contributed by atoms with Gasteiger partial charge in [0.1, 0.15) is 11.8 Å². The van der Waals surface area contributed by atoms with E-state index >= 15 is 0 Å². The third-order valence-corrected chi connectivity index (χ3v) is 5.06. The number of fused-ring (bicyclic) bond motifs is 1. The van der Waals surface area contributed by atoms with Crippen LogP contribution in [0.5, 0.6) is 11.6 Å². The minimum atomic E-state index is -1.13. The number of hydrogen-bond donors (Lipinski definition) is 1. The van der Waals surface area contributed by atoms with Crippen LogP contribution in [0.4, 0.5) is 0 Å². The van der Waals surface area contributed by atoms with E-state index in [0.717, 1.165) is 12.8 Å². The van der Waals surface area contributed by atoms with Crippen LogP contribution in [0.2, 0.25) is 0 Å². The molecule has 0 fully saturated rings. The molecule has 1 aliphatic carbocycles. The minimum Gasteiger partial charge on any atom is -0.484 e. The number of carboxylic acid groups (broad SMARTS) is 1. The van der Waals surface area contributed by atoms with Crippen LogP contribution < -0.4 is 9.47 Å². The molecule has 7 nitrogen and oxygen atoms in total. The van der Waals surface area contributed by atoms with Crippen LogP contribution in [-0.2, 0) is 12.8 Å². The molecule has 1 aliphatic rings. The van der Waals surface area contributed by atoms with E-state index in [9.17, 15) is 10.1 Å². The molecular formula is C24H19N3O4. The summed E-state index contributed by atoms with van der Waals surface area (Å²) in [7, 11) is 1.52. The molecule has 3 aromatic rings. The summed E-state index contributed by atoms with van der Waals surface area (Å²) in [5.74, 6) is -0.331. The van der Waals surface area contributed by atoms with E-state index in [2.05, 4.69) is 28.2 Å². The maximum atomic E-state index is 11.2. The van der Waals surface area contributed by atoms with Crippen molar-refractivity contribution in [1.82, 2.24) is 9.97 Å². The van der Waals surface area contributed by atoms with Crippen molar-refractivity contribution >= 4 is 17.6 Å². The number of ether oxygens (including phenoxy) is 2. The second-order valence-corrected chi connectivity index (χ2v) is 7.10. The van der Waals surface area contributed by atoms with Gasteiger partial charge in [0.15, 0.2) is 5.75 Å². The SMILES string of the molecule is COc1ncc(/C(C#N)=C/c2ccnc(C(=O)O)c2)cc1OC1Cc2ccccc2C1. The number of hydrogen-bond acceptors (Lipinski definition) is 6. The van der Waals surface area contributed by atoms with Crippen LogP contribution in [0.15, 0.2) is 54.9 Å². The fraction of sp³-hybridized carbons (Fsp3) is 0.167. The van der Waals surface area contributed by atoms with Gasteiger partial charge < -0.3 is 14.6 Å². The van der Waals surface area contributed by atoms with Gasteiger partial charge in [0.25, 0.3) is 5.88 Å². The van der Waals surface area contributed by atoms with Gasteiger partial charge in [-0.1, -0.05) is 24.3 Å². The molecule has 31 heavy (non-hydrogen) atoms. The molecule has 0 bridgehead atoms. The van der Waals surface area contributed by atoms with Crippen LogP contribution in [0.1, 0.15) is 32.7 Å². The summed E-state index contributed by atoms with van der Waals surface area (Å²) < 4.78 is 11.6. The Hall–Kier alpha value is -4.18. The molecule has 154 valence electrons. The van der Waals surface area contributed by atoms with Gasteiger partial charge in [-0.25, -0.2) is 14.8 Å². The molecule has 0 atom stereocenters. The van der Waals surface area contributed by atoms with Gasteiger partial charge in [-0.2, -0.15) is 5.26 Å². The van der Waals surface area contributed by atoms with Crippen molar-refractivity contribution in [3.8, 4) is 17.7 Å². The first-order valence-corrected chi connectivity index (χ1v) is 9.66. The van der Waals surface area contributed by atoms with E-state index in [-0.39, 0.29) is 11.8 Å². The number of carbonyl (C=O) groups is 1. The third-order valence-electron chi connectivity index (χ3n) is 5.06. The number of carboxylic acids is 1. The predicted molar refractivity (Wildman–Crippen MR) is 114 cm³/mol. The Morgan fingerprint density at radius 2 is 1.94 bits per heavy atom. The number of nitrogens with zero attached hydrogens (tertiary/aromatic N) is 3. The Morgan fingerprint density at radius 3 is 2.58 bits per heavy atom. The second-order valence-electron chi connectivity index (χ2n) is 7.10. The minimum absolute atomic E-state index is 0.0452. The lowest BCUT2D eigenvalue weighted by Gasteiger charge is -2.16. The zero-order valence-electron chi connectivity index (χ0n) is 16.8. The Morgan fingerprint density at radius 1 is 1.19 bits per heavy atom. The molecule has 0 radical (unpaired) electrons. The van der Waals surface area contributed by atoms with E-state index in [1.165, 1.54) is 36.7 Å². The Balaban J connectivity index is 1.62. The molecule has 0 unspecified atom stereocenters. The lowest BCUT2D eigenvalue weighted by molar-refractivity contribution is 0.0690. The van der Waals surface area contributed by atoms with Gasteiger partial charge in [0.2, 0.25) is 0 Å². The van der Waals surface area contributed by atoms with Gasteiger partial charge in [0, 0.05) is 30.8 Å². The first-order valence-electron chi connectivity index (χ1n) is 9.66. The van der Waals surface area contributed by atoms with Gasteiger partial charge in [-0.05, 0) is 41.0 Å². The highest BCUT2D eigenvalue weighted by Crippen LogP contribution is 2.32. The highest BCUT2D eigenvalue weighted by atomic mass is 16.5. The largest absolute Gasteiger partial charge is 0.484 e. The molecule has 0 spiro atoms. The van der Waals surface area contributed by atoms with Crippen molar-refractivity contribution in [2.75, 3.05) is 7.11 Å². The molecule has 0 aliphatic heterocycles. The monoisotopic (exact) mass is 413 g/mol. The van der Waals surface area contributed by atoms with Crippen LogP contribution in [0.3, 0.4) is 0 Å². The second kappa shape index (κ2) is 8.67. The lowest BCUT2D eigenvalue weighted by atomic mass is 10.1. The summed E-state index contributed by atoms with van der Waals surface area (Å²) in [6.45, 7) is 0. The van der Waals surface area contributed by atoms with Gasteiger partial charge in [-0.3, -0.25) is 0 Å². The van der Waals surface area contributed by atoms with E-state index < -0.39 is 5.97 Å². The van der Waals surface area contributed by atoms with Crippen molar-refractivity contribution in [3.63, 3.8) is 0 Å². The molecule has 0 amide bonds. The number of benzene rings is 1. The summed E-state index contributed by atoms with van der Waals surface area (Å²) in [5, 5.41) is 18.8. The summed E-state index contributed by atoms with van der Waals surface area (Å²) in [6, 6.07) is 15.1. The normalized spacial score (nSPS) is 13.4. The number of nitriles is 1. The van der Waals surface area contributed by atoms with Crippen molar-refractivity contribution in [1.29, 1.82) is 5.26 Å². The van der Waals surface area contributed by atoms with E-state index in [0.29, 0.717) is 28.3 Å². The fourth-order valence-corrected chi connectivity index (χ4v) is 3.60. The summed E-state index contributed by atoms with van der Waals surface area (Å²) >= 11 is 0. The molecule has 2 heterocycles. The Kier molecular flexibility index (Phi) is 5.63. The number of pyridine rings is 2. The number of rotatable bonds is 6. The number of aromatic carboxylic acids is 1. The predicted octanol–water partition coefficient (Wildman–Crippen LogP) is 3.79. The fourth-order valence-electron chi connectivity index (χ4n) is 3.60. The maximum Gasteiger partial charge on any atom is 0.354 e. The first kappa shape index (κ1) is 20.1. The smallest absolute Gasteiger partial charge is 0.354 e. The number of aromatic nitrogens is 2. The van der Waals surface area contributed by atoms with Crippen molar-refractivity contribution in [2.24, 2.45) is 0 Å². The molecule has 0 saturated carbocycles. The van der Waals surface area contributed by atoms with Crippen molar-refractivity contribution in [3.05, 3.63) is 82.8 Å². The Labute approximate surface area is 179 Å². The molecule has 1 aromatic carbocycles. The van der Waals surface area contributed by atoms with Crippen LogP contribution in [0, 0.1) is 11.3 Å². The molecule has 1 N–H and O–H groups in total. The number of methoxy groups -OCH3 is 1. The van der Waals surface area contributed by atoms with E-state index in [4.69, 9.17) is 14.6 Å². The molecule has 0 saturated heterocycles. The van der Waals surface area contributed by atoms with Crippen molar-refractivity contribution in [2.45, 2.75) is 18.9 Å². The van der Waals surface area contributed by atoms with E-state index in [1.807, 2.05) is 12.1 Å². The average Bonchev–Trinajstić information content (AvgIpc) is 3.20. The highest BCUT2D eigenvalue weighted by Gasteiger charge is 2.24. The molecular weight excluding hydrogens is 394 g/mol. The van der Waals surface area contributed by atoms with Gasteiger partial charge >= 0.3 is 5.97 Å². The highest BCUT2D eigenvalue weighted by molar-refractivity contribution is 5.91. The Bertz CT molecular complexity index is 1190. The van der Waals surface area contributed by atoms with Crippen molar-refractivity contribution < 1.29 is 19.4 Å². The standard InChI is InChI=1S/C24H19N3O4/c1-30-23-22(31-20-10-16-4-2-3-5-17(16)11-20)12-19(14-27-23)18(13-25)8-15-6-7-26-21(9-15)24(28)29/h2-9,12,14,20H,10-11H2,1H3,(H,28,29)/b18-8+. The third kappa shape index (κ3) is 4.38. The molecule has 4 rings (SSSR count). The molecule has 2 aromatic heterocycles. The maximum absolute atomic E-state index is 11.2. The number of allylic oxidation sites excluding steroid dienone is 1.